The molecule has 2 amide bonds. The summed E-state index contributed by atoms with van der Waals surface area (Å²) in [4.78, 5) is 34.4. The van der Waals surface area contributed by atoms with Crippen LogP contribution in [0.5, 0.6) is 0 Å². The summed E-state index contributed by atoms with van der Waals surface area (Å²) in [5, 5.41) is 3.29. The number of nitrogens with zero attached hydrogens (tertiary/aromatic N) is 4. The van der Waals surface area contributed by atoms with Gasteiger partial charge in [0.1, 0.15) is 0 Å². The van der Waals surface area contributed by atoms with Crippen LogP contribution in [0, 0.1) is 0 Å². The fourth-order valence-corrected chi connectivity index (χ4v) is 5.91. The van der Waals surface area contributed by atoms with Gasteiger partial charge in [0.2, 0.25) is 11.8 Å². The van der Waals surface area contributed by atoms with Crippen molar-refractivity contribution in [1.29, 1.82) is 0 Å². The molecule has 4 fully saturated rings. The monoisotopic (exact) mass is 449 g/mol. The molecule has 0 aromatic rings. The number of rotatable bonds is 7. The van der Waals surface area contributed by atoms with Gasteiger partial charge in [-0.15, -0.1) is 0 Å². The van der Waals surface area contributed by atoms with Crippen LogP contribution in [0.1, 0.15) is 51.4 Å². The molecule has 3 saturated heterocycles. The Labute approximate surface area is 193 Å². The maximum absolute atomic E-state index is 12.8. The highest BCUT2D eigenvalue weighted by molar-refractivity contribution is 5.78. The summed E-state index contributed by atoms with van der Waals surface area (Å²) >= 11 is 0. The van der Waals surface area contributed by atoms with Crippen LogP contribution in [0.3, 0.4) is 0 Å². The Morgan fingerprint density at radius 2 is 1.31 bits per heavy atom. The number of piperazine rings is 1. The fourth-order valence-electron chi connectivity index (χ4n) is 5.91. The van der Waals surface area contributed by atoms with E-state index in [4.69, 9.17) is 4.74 Å². The molecule has 8 heteroatoms. The minimum absolute atomic E-state index is 0.116. The molecular formula is C24H43N5O3. The lowest BCUT2D eigenvalue weighted by atomic mass is 9.79. The second-order valence-electron chi connectivity index (χ2n) is 10.2. The summed E-state index contributed by atoms with van der Waals surface area (Å²) in [5.41, 5.74) is 0.116. The third kappa shape index (κ3) is 6.43. The number of morpholine rings is 1. The van der Waals surface area contributed by atoms with Gasteiger partial charge < -0.3 is 15.0 Å². The predicted octanol–water partition coefficient (Wildman–Crippen LogP) is 0.768. The van der Waals surface area contributed by atoms with E-state index >= 15 is 0 Å². The number of nitrogens with one attached hydrogen (secondary N) is 1. The van der Waals surface area contributed by atoms with Crippen LogP contribution >= 0.6 is 0 Å². The smallest absolute Gasteiger partial charge is 0.236 e. The van der Waals surface area contributed by atoms with E-state index in [1.807, 2.05) is 4.90 Å². The van der Waals surface area contributed by atoms with Crippen molar-refractivity contribution in [2.24, 2.45) is 0 Å². The summed E-state index contributed by atoms with van der Waals surface area (Å²) < 4.78 is 5.57. The highest BCUT2D eigenvalue weighted by Gasteiger charge is 2.39. The lowest BCUT2D eigenvalue weighted by Gasteiger charge is -2.48. The lowest BCUT2D eigenvalue weighted by molar-refractivity contribution is -0.134. The van der Waals surface area contributed by atoms with Crippen LogP contribution in [0.2, 0.25) is 0 Å². The first-order valence-electron chi connectivity index (χ1n) is 13.0. The highest BCUT2D eigenvalue weighted by Crippen LogP contribution is 2.33. The summed E-state index contributed by atoms with van der Waals surface area (Å²) in [5.74, 6) is 0.415. The van der Waals surface area contributed by atoms with Gasteiger partial charge in [-0.25, -0.2) is 0 Å². The van der Waals surface area contributed by atoms with Crippen molar-refractivity contribution in [3.63, 3.8) is 0 Å². The van der Waals surface area contributed by atoms with Gasteiger partial charge >= 0.3 is 0 Å². The Hall–Kier alpha value is -1.22. The number of carbonyl (C=O) groups is 2. The first-order valence-corrected chi connectivity index (χ1v) is 13.0. The Kier molecular flexibility index (Phi) is 8.80. The maximum atomic E-state index is 12.8. The minimum Gasteiger partial charge on any atom is -0.379 e. The second kappa shape index (κ2) is 11.8. The van der Waals surface area contributed by atoms with E-state index in [-0.39, 0.29) is 17.4 Å². The van der Waals surface area contributed by atoms with Crippen LogP contribution in [0.15, 0.2) is 0 Å². The van der Waals surface area contributed by atoms with Crippen molar-refractivity contribution in [1.82, 2.24) is 24.9 Å². The van der Waals surface area contributed by atoms with Gasteiger partial charge in [0.25, 0.3) is 0 Å². The number of piperidine rings is 1. The molecule has 182 valence electrons. The van der Waals surface area contributed by atoms with E-state index in [0.717, 1.165) is 85.0 Å². The molecule has 3 aliphatic heterocycles. The Morgan fingerprint density at radius 1 is 0.719 bits per heavy atom. The molecule has 0 unspecified atom stereocenters. The summed E-state index contributed by atoms with van der Waals surface area (Å²) in [6.07, 6.45) is 9.70. The van der Waals surface area contributed by atoms with E-state index in [2.05, 4.69) is 20.0 Å². The van der Waals surface area contributed by atoms with Gasteiger partial charge in [0.05, 0.1) is 26.3 Å². The van der Waals surface area contributed by atoms with Crippen molar-refractivity contribution in [3.8, 4) is 0 Å². The van der Waals surface area contributed by atoms with Crippen LogP contribution in [0.4, 0.5) is 0 Å². The van der Waals surface area contributed by atoms with E-state index in [1.165, 1.54) is 38.5 Å². The molecule has 0 radical (unpaired) electrons. The number of amides is 2. The average Bonchev–Trinajstić information content (AvgIpc) is 2.86. The number of hydrogen-bond donors (Lipinski definition) is 1. The molecule has 1 aliphatic carbocycles. The molecule has 0 aromatic carbocycles. The predicted molar refractivity (Wildman–Crippen MR) is 125 cm³/mol. The van der Waals surface area contributed by atoms with Crippen LogP contribution < -0.4 is 5.32 Å². The van der Waals surface area contributed by atoms with E-state index in [0.29, 0.717) is 13.1 Å². The zero-order chi connectivity index (χ0) is 22.2. The van der Waals surface area contributed by atoms with Crippen LogP contribution in [-0.4, -0.2) is 122 Å². The van der Waals surface area contributed by atoms with Crippen LogP contribution in [-0.2, 0) is 14.3 Å². The van der Waals surface area contributed by atoms with E-state index in [1.54, 1.807) is 0 Å². The van der Waals surface area contributed by atoms with E-state index in [9.17, 15) is 9.59 Å². The SMILES string of the molecule is O=C(CN1CCN(CC(=O)N2CCCCC2)CC1)NCC1(N2CCOCC2)CCCCC1. The fraction of sp³-hybridized carbons (Fsp3) is 0.917. The van der Waals surface area contributed by atoms with E-state index < -0.39 is 0 Å². The standard InChI is InChI=1S/C24H43N5O3/c30-22(25-21-24(7-3-1-4-8-24)29-15-17-32-18-16-29)19-26-11-13-27(14-12-26)20-23(31)28-9-5-2-6-10-28/h1-21H2,(H,25,30). The molecule has 3 heterocycles. The quantitative estimate of drug-likeness (QED) is 0.619. The van der Waals surface area contributed by atoms with Gasteiger partial charge in [-0.3, -0.25) is 24.3 Å². The molecule has 4 rings (SSSR count). The van der Waals surface area contributed by atoms with Gasteiger partial charge in [-0.1, -0.05) is 19.3 Å². The maximum Gasteiger partial charge on any atom is 0.236 e. The Bertz CT molecular complexity index is 605. The highest BCUT2D eigenvalue weighted by atomic mass is 16.5. The molecule has 8 nitrogen and oxygen atoms in total. The topological polar surface area (TPSA) is 68.4 Å². The third-order valence-electron chi connectivity index (χ3n) is 7.98. The number of carbonyl (C=O) groups excluding carboxylic acids is 2. The summed E-state index contributed by atoms with van der Waals surface area (Å²) in [7, 11) is 0. The molecule has 0 aromatic heterocycles. The first kappa shape index (κ1) is 23.9. The molecule has 0 spiro atoms. The molecule has 0 atom stereocenters. The third-order valence-corrected chi connectivity index (χ3v) is 7.98. The molecule has 1 N–H and O–H groups in total. The van der Waals surface area contributed by atoms with Gasteiger partial charge in [-0.05, 0) is 32.1 Å². The zero-order valence-corrected chi connectivity index (χ0v) is 19.9. The second-order valence-corrected chi connectivity index (χ2v) is 10.2. The summed E-state index contributed by atoms with van der Waals surface area (Å²) in [6.45, 7) is 10.6. The number of likely N-dealkylation sites (tertiary alicyclic amines) is 1. The van der Waals surface area contributed by atoms with Crippen molar-refractivity contribution < 1.29 is 14.3 Å². The van der Waals surface area contributed by atoms with Crippen molar-refractivity contribution in [2.45, 2.75) is 56.9 Å². The largest absolute Gasteiger partial charge is 0.379 e. The molecule has 4 aliphatic rings. The van der Waals surface area contributed by atoms with Gasteiger partial charge in [0, 0.05) is 64.4 Å². The average molecular weight is 450 g/mol. The lowest BCUT2D eigenvalue weighted by Crippen LogP contribution is -2.60. The normalized spacial score (nSPS) is 26.1. The zero-order valence-electron chi connectivity index (χ0n) is 19.9. The van der Waals surface area contributed by atoms with Gasteiger partial charge in [-0.2, -0.15) is 0 Å². The van der Waals surface area contributed by atoms with Gasteiger partial charge in [0.15, 0.2) is 0 Å². The molecule has 1 saturated carbocycles. The Morgan fingerprint density at radius 3 is 1.97 bits per heavy atom. The Balaban J connectivity index is 1.18. The van der Waals surface area contributed by atoms with Crippen molar-refractivity contribution in [3.05, 3.63) is 0 Å². The van der Waals surface area contributed by atoms with Crippen molar-refractivity contribution >= 4 is 11.8 Å². The molecule has 0 bridgehead atoms. The first-order chi connectivity index (χ1) is 15.6. The van der Waals surface area contributed by atoms with Crippen LogP contribution in [0.25, 0.3) is 0 Å². The summed E-state index contributed by atoms with van der Waals surface area (Å²) in [6, 6.07) is 0. The number of hydrogen-bond acceptors (Lipinski definition) is 6. The molecule has 32 heavy (non-hydrogen) atoms. The minimum atomic E-state index is 0.116. The molecular weight excluding hydrogens is 406 g/mol. The number of ether oxygens (including phenoxy) is 1. The van der Waals surface area contributed by atoms with Crippen molar-refractivity contribution in [2.75, 3.05) is 85.2 Å².